The number of nitrogens with one attached hydrogen (secondary N) is 1. The molecule has 0 saturated heterocycles. The smallest absolute Gasteiger partial charge is 0.287 e. The second kappa shape index (κ2) is 6.37. The van der Waals surface area contributed by atoms with Gasteiger partial charge in [0.2, 0.25) is 0 Å². The zero-order valence-electron chi connectivity index (χ0n) is 13.6. The Labute approximate surface area is 152 Å². The monoisotopic (exact) mass is 397 g/mol. The summed E-state index contributed by atoms with van der Waals surface area (Å²) in [6.45, 7) is 2.40. The van der Waals surface area contributed by atoms with E-state index < -0.39 is 0 Å². The highest BCUT2D eigenvalue weighted by atomic mass is 79.9. The molecule has 0 aliphatic carbocycles. The number of hydrogen-bond acceptors (Lipinski definition) is 3. The molecular weight excluding hydrogens is 382 g/mol. The summed E-state index contributed by atoms with van der Waals surface area (Å²) in [4.78, 5) is 17.0. The van der Waals surface area contributed by atoms with Crippen LogP contribution in [0.4, 0.5) is 0 Å². The fourth-order valence-corrected chi connectivity index (χ4v) is 3.26. The normalized spacial score (nSPS) is 11.3. The molecule has 0 unspecified atom stereocenters. The van der Waals surface area contributed by atoms with E-state index in [9.17, 15) is 4.79 Å². The van der Waals surface area contributed by atoms with Gasteiger partial charge in [-0.1, -0.05) is 22.0 Å². The third-order valence-corrected chi connectivity index (χ3v) is 4.68. The Morgan fingerprint density at radius 2 is 2.20 bits per heavy atom. The van der Waals surface area contributed by atoms with E-state index in [4.69, 9.17) is 4.42 Å². The van der Waals surface area contributed by atoms with Gasteiger partial charge in [-0.3, -0.25) is 4.79 Å². The molecule has 4 rings (SSSR count). The maximum atomic E-state index is 12.4. The zero-order chi connectivity index (χ0) is 17.4. The van der Waals surface area contributed by atoms with Crippen molar-refractivity contribution in [3.8, 4) is 0 Å². The number of halogens is 1. The third kappa shape index (κ3) is 3.05. The van der Waals surface area contributed by atoms with Gasteiger partial charge in [0.1, 0.15) is 11.2 Å². The highest BCUT2D eigenvalue weighted by Gasteiger charge is 2.17. The minimum absolute atomic E-state index is 0.200. The van der Waals surface area contributed by atoms with Crippen molar-refractivity contribution in [2.24, 2.45) is 0 Å². The number of benzene rings is 1. The minimum atomic E-state index is -0.200. The summed E-state index contributed by atoms with van der Waals surface area (Å²) in [6, 6.07) is 11.6. The molecule has 1 amide bonds. The Kier molecular flexibility index (Phi) is 4.05. The van der Waals surface area contributed by atoms with E-state index in [0.717, 1.165) is 26.8 Å². The van der Waals surface area contributed by atoms with Crippen molar-refractivity contribution in [1.29, 1.82) is 0 Å². The number of furan rings is 1. The molecule has 0 atom stereocenters. The van der Waals surface area contributed by atoms with Crippen LogP contribution in [-0.4, -0.2) is 21.8 Å². The van der Waals surface area contributed by atoms with Crippen molar-refractivity contribution in [3.63, 3.8) is 0 Å². The van der Waals surface area contributed by atoms with Gasteiger partial charge in [-0.2, -0.15) is 0 Å². The molecule has 1 aromatic carbocycles. The van der Waals surface area contributed by atoms with Crippen LogP contribution in [0.15, 0.2) is 57.7 Å². The number of nitrogens with zero attached hydrogens (tertiary/aromatic N) is 2. The van der Waals surface area contributed by atoms with Crippen LogP contribution < -0.4 is 5.32 Å². The van der Waals surface area contributed by atoms with E-state index in [-0.39, 0.29) is 5.91 Å². The molecule has 25 heavy (non-hydrogen) atoms. The summed E-state index contributed by atoms with van der Waals surface area (Å²) in [7, 11) is 0. The number of pyridine rings is 1. The lowest BCUT2D eigenvalue weighted by atomic mass is 10.1. The number of aromatic nitrogens is 2. The molecule has 0 radical (unpaired) electrons. The summed E-state index contributed by atoms with van der Waals surface area (Å²) in [5.41, 5.74) is 3.41. The van der Waals surface area contributed by atoms with E-state index in [2.05, 4.69) is 26.2 Å². The quantitative estimate of drug-likeness (QED) is 0.563. The van der Waals surface area contributed by atoms with E-state index in [1.807, 2.05) is 60.1 Å². The second-order valence-electron chi connectivity index (χ2n) is 5.90. The van der Waals surface area contributed by atoms with Gasteiger partial charge in [0, 0.05) is 40.8 Å². The molecule has 0 fully saturated rings. The average Bonchev–Trinajstić information content (AvgIpc) is 3.16. The molecule has 0 bridgehead atoms. The summed E-state index contributed by atoms with van der Waals surface area (Å²) in [6.07, 6.45) is 4.60. The van der Waals surface area contributed by atoms with E-state index >= 15 is 0 Å². The van der Waals surface area contributed by atoms with Crippen LogP contribution in [-0.2, 0) is 6.42 Å². The van der Waals surface area contributed by atoms with Crippen LogP contribution in [0.5, 0.6) is 0 Å². The first-order valence-electron chi connectivity index (χ1n) is 8.01. The molecular formula is C19H16BrN3O2. The summed E-state index contributed by atoms with van der Waals surface area (Å²) in [5, 5.41) is 3.86. The minimum Gasteiger partial charge on any atom is -0.451 e. The lowest BCUT2D eigenvalue weighted by Gasteiger charge is -2.02. The van der Waals surface area contributed by atoms with Crippen molar-refractivity contribution in [2.75, 3.05) is 6.54 Å². The van der Waals surface area contributed by atoms with Gasteiger partial charge in [0.05, 0.1) is 5.69 Å². The molecule has 5 nitrogen and oxygen atoms in total. The fourth-order valence-electron chi connectivity index (χ4n) is 2.90. The molecule has 0 saturated carbocycles. The van der Waals surface area contributed by atoms with Crippen molar-refractivity contribution in [3.05, 3.63) is 70.3 Å². The van der Waals surface area contributed by atoms with Gasteiger partial charge in [-0.05, 0) is 37.3 Å². The van der Waals surface area contributed by atoms with Crippen molar-refractivity contribution < 1.29 is 9.21 Å². The number of amides is 1. The maximum absolute atomic E-state index is 12.4. The topological polar surface area (TPSA) is 59.5 Å². The Balaban J connectivity index is 1.46. The van der Waals surface area contributed by atoms with Gasteiger partial charge in [0.25, 0.3) is 5.91 Å². The SMILES string of the molecule is Cc1c(C(=O)NCCc2cn3ccccc3n2)oc2ccc(Br)cc12. The number of aryl methyl sites for hydroxylation is 1. The number of carbonyl (C=O) groups is 1. The summed E-state index contributed by atoms with van der Waals surface area (Å²) >= 11 is 3.44. The Morgan fingerprint density at radius 3 is 3.04 bits per heavy atom. The highest BCUT2D eigenvalue weighted by molar-refractivity contribution is 9.10. The van der Waals surface area contributed by atoms with Gasteiger partial charge in [0.15, 0.2) is 5.76 Å². The number of fused-ring (bicyclic) bond motifs is 2. The van der Waals surface area contributed by atoms with Crippen LogP contribution in [0.25, 0.3) is 16.6 Å². The van der Waals surface area contributed by atoms with Crippen molar-refractivity contribution >= 4 is 38.5 Å². The van der Waals surface area contributed by atoms with Crippen LogP contribution in [0, 0.1) is 6.92 Å². The summed E-state index contributed by atoms with van der Waals surface area (Å²) in [5.74, 6) is 0.164. The maximum Gasteiger partial charge on any atom is 0.287 e. The van der Waals surface area contributed by atoms with E-state index in [0.29, 0.717) is 24.3 Å². The first-order valence-corrected chi connectivity index (χ1v) is 8.80. The van der Waals surface area contributed by atoms with Gasteiger partial charge in [-0.15, -0.1) is 0 Å². The van der Waals surface area contributed by atoms with Crippen LogP contribution >= 0.6 is 15.9 Å². The third-order valence-electron chi connectivity index (χ3n) is 4.19. The second-order valence-corrected chi connectivity index (χ2v) is 6.82. The van der Waals surface area contributed by atoms with Crippen molar-refractivity contribution in [1.82, 2.24) is 14.7 Å². The average molecular weight is 398 g/mol. The lowest BCUT2D eigenvalue weighted by Crippen LogP contribution is -2.25. The summed E-state index contributed by atoms with van der Waals surface area (Å²) < 4.78 is 8.65. The van der Waals surface area contributed by atoms with E-state index in [1.165, 1.54) is 0 Å². The van der Waals surface area contributed by atoms with Crippen LogP contribution in [0.1, 0.15) is 21.8 Å². The van der Waals surface area contributed by atoms with Gasteiger partial charge < -0.3 is 14.1 Å². The highest BCUT2D eigenvalue weighted by Crippen LogP contribution is 2.27. The number of hydrogen-bond donors (Lipinski definition) is 1. The molecule has 3 heterocycles. The Bertz CT molecular complexity index is 1050. The largest absolute Gasteiger partial charge is 0.451 e. The Hall–Kier alpha value is -2.60. The molecule has 126 valence electrons. The van der Waals surface area contributed by atoms with Crippen LogP contribution in [0.2, 0.25) is 0 Å². The molecule has 4 aromatic rings. The zero-order valence-corrected chi connectivity index (χ0v) is 15.2. The van der Waals surface area contributed by atoms with Crippen LogP contribution in [0.3, 0.4) is 0 Å². The standard InChI is InChI=1S/C19H16BrN3O2/c1-12-15-10-13(20)5-6-16(15)25-18(12)19(24)21-8-7-14-11-23-9-3-2-4-17(23)22-14/h2-6,9-11H,7-8H2,1H3,(H,21,24). The fraction of sp³-hybridized carbons (Fsp3) is 0.158. The molecule has 6 heteroatoms. The first-order chi connectivity index (χ1) is 12.1. The number of imidazole rings is 1. The molecule has 3 aromatic heterocycles. The van der Waals surface area contributed by atoms with E-state index in [1.54, 1.807) is 0 Å². The predicted octanol–water partition coefficient (Wildman–Crippen LogP) is 4.12. The number of rotatable bonds is 4. The van der Waals surface area contributed by atoms with Gasteiger partial charge in [-0.25, -0.2) is 4.98 Å². The predicted molar refractivity (Wildman–Crippen MR) is 99.9 cm³/mol. The molecule has 0 spiro atoms. The Morgan fingerprint density at radius 1 is 1.32 bits per heavy atom. The lowest BCUT2D eigenvalue weighted by molar-refractivity contribution is 0.0927. The van der Waals surface area contributed by atoms with Gasteiger partial charge >= 0.3 is 0 Å². The first kappa shape index (κ1) is 15.9. The molecule has 0 aliphatic rings. The van der Waals surface area contributed by atoms with Crippen molar-refractivity contribution in [2.45, 2.75) is 13.3 Å². The molecule has 0 aliphatic heterocycles. The molecule has 1 N–H and O–H groups in total. The number of carbonyl (C=O) groups excluding carboxylic acids is 1.